The third-order valence-electron chi connectivity index (χ3n) is 3.51. The van der Waals surface area contributed by atoms with E-state index < -0.39 is 0 Å². The molecule has 0 amide bonds. The van der Waals surface area contributed by atoms with Gasteiger partial charge in [-0.2, -0.15) is 10.2 Å². The van der Waals surface area contributed by atoms with Crippen LogP contribution in [0.2, 0.25) is 0 Å². The van der Waals surface area contributed by atoms with Crippen LogP contribution >= 0.6 is 0 Å². The van der Waals surface area contributed by atoms with E-state index in [1.54, 1.807) is 19.3 Å². The SMILES string of the molecule is CNCc1ccc(CN=Nc2ccc(-c3cnco3)cc2)cc1F. The number of rotatable bonds is 6. The first-order valence-electron chi connectivity index (χ1n) is 7.54. The third-order valence-corrected chi connectivity index (χ3v) is 3.51. The Kier molecular flexibility index (Phi) is 5.08. The molecule has 0 fully saturated rings. The van der Waals surface area contributed by atoms with Crippen molar-refractivity contribution in [3.8, 4) is 11.3 Å². The molecule has 24 heavy (non-hydrogen) atoms. The molecule has 1 aromatic heterocycles. The number of hydrogen-bond acceptors (Lipinski definition) is 5. The Morgan fingerprint density at radius 2 is 2.00 bits per heavy atom. The van der Waals surface area contributed by atoms with Crippen LogP contribution in [0, 0.1) is 5.82 Å². The highest BCUT2D eigenvalue weighted by atomic mass is 19.1. The minimum absolute atomic E-state index is 0.228. The summed E-state index contributed by atoms with van der Waals surface area (Å²) in [5, 5.41) is 11.2. The van der Waals surface area contributed by atoms with E-state index in [0.29, 0.717) is 24.4 Å². The highest BCUT2D eigenvalue weighted by Crippen LogP contribution is 2.22. The Bertz CT molecular complexity index is 814. The molecule has 0 saturated heterocycles. The molecular formula is C18H17FN4O. The van der Waals surface area contributed by atoms with E-state index in [1.165, 1.54) is 12.5 Å². The molecule has 2 aromatic carbocycles. The number of halogens is 1. The Hall–Kier alpha value is -2.86. The van der Waals surface area contributed by atoms with Crippen molar-refractivity contribution in [2.45, 2.75) is 13.1 Å². The lowest BCUT2D eigenvalue weighted by molar-refractivity contribution is 0.572. The number of nitrogens with one attached hydrogen (secondary N) is 1. The third kappa shape index (κ3) is 3.91. The van der Waals surface area contributed by atoms with Crippen molar-refractivity contribution in [1.82, 2.24) is 10.3 Å². The molecule has 3 aromatic rings. The van der Waals surface area contributed by atoms with Crippen molar-refractivity contribution >= 4 is 5.69 Å². The van der Waals surface area contributed by atoms with Crippen LogP contribution in [-0.4, -0.2) is 12.0 Å². The van der Waals surface area contributed by atoms with Crippen LogP contribution < -0.4 is 5.32 Å². The summed E-state index contributed by atoms with van der Waals surface area (Å²) in [5.74, 6) is 0.476. The fraction of sp³-hybridized carbons (Fsp3) is 0.167. The second-order valence-corrected chi connectivity index (χ2v) is 5.27. The molecule has 0 aliphatic rings. The van der Waals surface area contributed by atoms with Crippen molar-refractivity contribution in [3.05, 3.63) is 72.0 Å². The van der Waals surface area contributed by atoms with Gasteiger partial charge in [0.1, 0.15) is 5.82 Å². The highest BCUT2D eigenvalue weighted by molar-refractivity contribution is 5.59. The molecule has 0 radical (unpaired) electrons. The average molecular weight is 324 g/mol. The zero-order chi connectivity index (χ0) is 16.8. The lowest BCUT2D eigenvalue weighted by atomic mass is 10.1. The maximum atomic E-state index is 13.8. The smallest absolute Gasteiger partial charge is 0.181 e. The van der Waals surface area contributed by atoms with Crippen LogP contribution in [0.25, 0.3) is 11.3 Å². The summed E-state index contributed by atoms with van der Waals surface area (Å²) >= 11 is 0. The summed E-state index contributed by atoms with van der Waals surface area (Å²) in [6.07, 6.45) is 3.05. The summed E-state index contributed by atoms with van der Waals surface area (Å²) < 4.78 is 19.1. The first-order chi connectivity index (χ1) is 11.8. The standard InChI is InChI=1S/C18H17FN4O/c1-20-10-15-3-2-13(8-17(15)19)9-22-23-16-6-4-14(5-7-16)18-11-21-12-24-18/h2-8,11-12,20H,9-10H2,1H3. The predicted molar refractivity (Wildman–Crippen MR) is 89.3 cm³/mol. The van der Waals surface area contributed by atoms with Crippen molar-refractivity contribution in [2.75, 3.05) is 7.05 Å². The fourth-order valence-electron chi connectivity index (χ4n) is 2.27. The van der Waals surface area contributed by atoms with E-state index in [-0.39, 0.29) is 5.82 Å². The highest BCUT2D eigenvalue weighted by Gasteiger charge is 2.03. The lowest BCUT2D eigenvalue weighted by Crippen LogP contribution is -2.07. The van der Waals surface area contributed by atoms with Crippen molar-refractivity contribution in [2.24, 2.45) is 10.2 Å². The van der Waals surface area contributed by atoms with Gasteiger partial charge in [-0.05, 0) is 42.9 Å². The Labute approximate surface area is 139 Å². The molecule has 3 rings (SSSR count). The normalized spacial score (nSPS) is 11.2. The van der Waals surface area contributed by atoms with Gasteiger partial charge < -0.3 is 9.73 Å². The first-order valence-corrected chi connectivity index (χ1v) is 7.54. The van der Waals surface area contributed by atoms with E-state index in [1.807, 2.05) is 30.3 Å². The van der Waals surface area contributed by atoms with Gasteiger partial charge >= 0.3 is 0 Å². The van der Waals surface area contributed by atoms with Crippen molar-refractivity contribution < 1.29 is 8.81 Å². The van der Waals surface area contributed by atoms with Crippen LogP contribution in [0.5, 0.6) is 0 Å². The van der Waals surface area contributed by atoms with Gasteiger partial charge in [-0.25, -0.2) is 9.37 Å². The molecule has 122 valence electrons. The molecule has 1 heterocycles. The van der Waals surface area contributed by atoms with Crippen molar-refractivity contribution in [3.63, 3.8) is 0 Å². The molecule has 0 atom stereocenters. The molecule has 0 aliphatic carbocycles. The molecular weight excluding hydrogens is 307 g/mol. The van der Waals surface area contributed by atoms with Gasteiger partial charge in [0.2, 0.25) is 0 Å². The second-order valence-electron chi connectivity index (χ2n) is 5.27. The van der Waals surface area contributed by atoms with E-state index >= 15 is 0 Å². The molecule has 0 saturated carbocycles. The van der Waals surface area contributed by atoms with E-state index in [9.17, 15) is 4.39 Å². The van der Waals surface area contributed by atoms with E-state index in [2.05, 4.69) is 20.5 Å². The summed E-state index contributed by atoms with van der Waals surface area (Å²) in [6, 6.07) is 12.6. The second kappa shape index (κ2) is 7.61. The number of hydrogen-bond donors (Lipinski definition) is 1. The van der Waals surface area contributed by atoms with Gasteiger partial charge in [-0.1, -0.05) is 12.1 Å². The van der Waals surface area contributed by atoms with Crippen molar-refractivity contribution in [1.29, 1.82) is 0 Å². The molecule has 0 aliphatic heterocycles. The largest absolute Gasteiger partial charge is 0.444 e. The number of oxazole rings is 1. The van der Waals surface area contributed by atoms with Crippen LogP contribution in [0.4, 0.5) is 10.1 Å². The summed E-state index contributed by atoms with van der Waals surface area (Å²) in [7, 11) is 1.79. The summed E-state index contributed by atoms with van der Waals surface area (Å²) in [4.78, 5) is 3.89. The summed E-state index contributed by atoms with van der Waals surface area (Å²) in [6.45, 7) is 0.839. The molecule has 5 nitrogen and oxygen atoms in total. The van der Waals surface area contributed by atoms with Gasteiger partial charge in [-0.15, -0.1) is 0 Å². The Morgan fingerprint density at radius 3 is 2.67 bits per heavy atom. The van der Waals surface area contributed by atoms with Crippen LogP contribution in [-0.2, 0) is 13.1 Å². The number of aromatic nitrogens is 1. The number of benzene rings is 2. The monoisotopic (exact) mass is 324 g/mol. The quantitative estimate of drug-likeness (QED) is 0.680. The maximum absolute atomic E-state index is 13.8. The van der Waals surface area contributed by atoms with Crippen LogP contribution in [0.1, 0.15) is 11.1 Å². The zero-order valence-corrected chi connectivity index (χ0v) is 13.2. The molecule has 0 bridgehead atoms. The molecule has 6 heteroatoms. The van der Waals surface area contributed by atoms with Gasteiger partial charge in [0.05, 0.1) is 18.4 Å². The zero-order valence-electron chi connectivity index (χ0n) is 13.2. The van der Waals surface area contributed by atoms with Gasteiger partial charge in [0, 0.05) is 17.7 Å². The Morgan fingerprint density at radius 1 is 1.17 bits per heavy atom. The predicted octanol–water partition coefficient (Wildman–Crippen LogP) is 4.48. The minimum atomic E-state index is -0.228. The molecule has 0 unspecified atom stereocenters. The fourth-order valence-corrected chi connectivity index (χ4v) is 2.27. The molecule has 0 spiro atoms. The van der Waals surface area contributed by atoms with Gasteiger partial charge in [-0.3, -0.25) is 0 Å². The number of nitrogens with zero attached hydrogens (tertiary/aromatic N) is 3. The van der Waals surface area contributed by atoms with Gasteiger partial charge in [0.25, 0.3) is 0 Å². The average Bonchev–Trinajstić information content (AvgIpc) is 3.13. The minimum Gasteiger partial charge on any atom is -0.444 e. The number of azo groups is 1. The van der Waals surface area contributed by atoms with E-state index in [4.69, 9.17) is 4.42 Å². The van der Waals surface area contributed by atoms with E-state index in [0.717, 1.165) is 16.8 Å². The van der Waals surface area contributed by atoms with Crippen LogP contribution in [0.15, 0.2) is 69.7 Å². The maximum Gasteiger partial charge on any atom is 0.181 e. The molecule has 1 N–H and O–H groups in total. The summed E-state index contributed by atoms with van der Waals surface area (Å²) in [5.41, 5.74) is 3.08. The van der Waals surface area contributed by atoms with Crippen LogP contribution in [0.3, 0.4) is 0 Å². The first kappa shape index (κ1) is 16.0. The topological polar surface area (TPSA) is 62.8 Å². The lowest BCUT2D eigenvalue weighted by Gasteiger charge is -2.03. The van der Waals surface area contributed by atoms with Gasteiger partial charge in [0.15, 0.2) is 12.2 Å². The Balaban J connectivity index is 1.63.